The minimum atomic E-state index is -0.288. The number of likely N-dealkylation sites (N-methyl/N-ethyl adjacent to an activating group) is 1. The lowest BCUT2D eigenvalue weighted by molar-refractivity contribution is -0.136. The van der Waals surface area contributed by atoms with Crippen LogP contribution in [-0.2, 0) is 16.0 Å². The molecule has 1 aromatic carbocycles. The van der Waals surface area contributed by atoms with Crippen LogP contribution in [0.3, 0.4) is 0 Å². The molecule has 1 aliphatic heterocycles. The number of benzene rings is 1. The van der Waals surface area contributed by atoms with Crippen LogP contribution in [0.4, 0.5) is 0 Å². The fraction of sp³-hybridized carbons (Fsp3) is 0.320. The Hall–Kier alpha value is -3.41. The second-order valence-corrected chi connectivity index (χ2v) is 7.29. The number of nitrogens with zero attached hydrogens (tertiary/aromatic N) is 3. The van der Waals surface area contributed by atoms with Crippen molar-refractivity contribution in [3.8, 4) is 5.75 Å². The van der Waals surface area contributed by atoms with Crippen LogP contribution < -0.4 is 4.74 Å². The summed E-state index contributed by atoms with van der Waals surface area (Å²) in [5, 5.41) is 0. The molecular weight excluding hydrogens is 390 g/mol. The number of carbonyl (C=O) groups is 2. The molecular formula is C25H29N3O3. The molecule has 0 aliphatic carbocycles. The highest BCUT2D eigenvalue weighted by Gasteiger charge is 2.40. The van der Waals surface area contributed by atoms with Crippen molar-refractivity contribution in [2.75, 3.05) is 26.2 Å². The second kappa shape index (κ2) is 10.6. The van der Waals surface area contributed by atoms with Crippen LogP contribution in [0.5, 0.6) is 5.75 Å². The smallest absolute Gasteiger partial charge is 0.278 e. The molecule has 3 rings (SSSR count). The van der Waals surface area contributed by atoms with Gasteiger partial charge in [-0.3, -0.25) is 19.5 Å². The summed E-state index contributed by atoms with van der Waals surface area (Å²) in [5.41, 5.74) is 2.73. The van der Waals surface area contributed by atoms with Gasteiger partial charge in [0.1, 0.15) is 11.4 Å². The first kappa shape index (κ1) is 22.3. The molecule has 0 saturated carbocycles. The van der Waals surface area contributed by atoms with E-state index in [9.17, 15) is 9.59 Å². The molecule has 31 heavy (non-hydrogen) atoms. The minimum absolute atomic E-state index is 0.185. The molecule has 1 aromatic heterocycles. The van der Waals surface area contributed by atoms with E-state index in [0.717, 1.165) is 24.2 Å². The number of hydrogen-bond donors (Lipinski definition) is 0. The van der Waals surface area contributed by atoms with E-state index in [1.54, 1.807) is 18.5 Å². The Balaban J connectivity index is 1.95. The Kier molecular flexibility index (Phi) is 7.60. The first-order valence-electron chi connectivity index (χ1n) is 10.7. The van der Waals surface area contributed by atoms with Gasteiger partial charge >= 0.3 is 0 Å². The largest absolute Gasteiger partial charge is 0.494 e. The number of aromatic nitrogens is 1. The van der Waals surface area contributed by atoms with Gasteiger partial charge in [-0.15, -0.1) is 6.58 Å². The Morgan fingerprint density at radius 2 is 1.77 bits per heavy atom. The maximum atomic E-state index is 13.2. The second-order valence-electron chi connectivity index (χ2n) is 7.29. The molecule has 0 radical (unpaired) electrons. The first-order chi connectivity index (χ1) is 15.1. The number of pyridine rings is 1. The van der Waals surface area contributed by atoms with Crippen LogP contribution in [-0.4, -0.2) is 52.8 Å². The van der Waals surface area contributed by atoms with E-state index in [0.29, 0.717) is 36.5 Å². The van der Waals surface area contributed by atoms with Gasteiger partial charge in [0, 0.05) is 32.0 Å². The van der Waals surface area contributed by atoms with Crippen molar-refractivity contribution in [2.24, 2.45) is 0 Å². The molecule has 2 amide bonds. The summed E-state index contributed by atoms with van der Waals surface area (Å²) in [5.74, 6) is 0.185. The zero-order valence-corrected chi connectivity index (χ0v) is 18.2. The molecule has 0 saturated heterocycles. The van der Waals surface area contributed by atoms with E-state index >= 15 is 0 Å². The molecule has 0 fully saturated rings. The van der Waals surface area contributed by atoms with Crippen LogP contribution in [0.15, 0.2) is 67.1 Å². The van der Waals surface area contributed by atoms with Crippen molar-refractivity contribution in [2.45, 2.75) is 26.7 Å². The van der Waals surface area contributed by atoms with Crippen molar-refractivity contribution >= 4 is 17.4 Å². The van der Waals surface area contributed by atoms with Gasteiger partial charge in [-0.1, -0.05) is 25.1 Å². The average molecular weight is 420 g/mol. The summed E-state index contributed by atoms with van der Waals surface area (Å²) >= 11 is 0. The van der Waals surface area contributed by atoms with Crippen LogP contribution in [0.2, 0.25) is 0 Å². The van der Waals surface area contributed by atoms with E-state index in [1.807, 2.05) is 55.1 Å². The number of carbonyl (C=O) groups excluding carboxylic acids is 2. The van der Waals surface area contributed by atoms with Gasteiger partial charge in [0.2, 0.25) is 0 Å². The molecule has 2 heterocycles. The van der Waals surface area contributed by atoms with Crippen LogP contribution in [0.1, 0.15) is 31.4 Å². The van der Waals surface area contributed by atoms with Crippen molar-refractivity contribution in [3.05, 3.63) is 78.3 Å². The van der Waals surface area contributed by atoms with Crippen LogP contribution in [0.25, 0.3) is 5.57 Å². The number of amides is 2. The lowest BCUT2D eigenvalue weighted by Gasteiger charge is -2.24. The van der Waals surface area contributed by atoms with E-state index in [2.05, 4.69) is 11.6 Å². The maximum absolute atomic E-state index is 13.2. The molecule has 1 aliphatic rings. The number of hydrogen-bond acceptors (Lipinski definition) is 5. The zero-order chi connectivity index (χ0) is 22.2. The van der Waals surface area contributed by atoms with Gasteiger partial charge in [0.05, 0.1) is 12.2 Å². The normalized spacial score (nSPS) is 13.7. The molecule has 0 atom stereocenters. The monoisotopic (exact) mass is 419 g/mol. The van der Waals surface area contributed by atoms with Gasteiger partial charge < -0.3 is 9.64 Å². The van der Waals surface area contributed by atoms with Crippen molar-refractivity contribution in [1.29, 1.82) is 0 Å². The average Bonchev–Trinajstić information content (AvgIpc) is 3.04. The highest BCUT2D eigenvalue weighted by Crippen LogP contribution is 2.32. The number of rotatable bonds is 11. The van der Waals surface area contributed by atoms with E-state index in [-0.39, 0.29) is 18.4 Å². The molecule has 6 heteroatoms. The Morgan fingerprint density at radius 1 is 1.06 bits per heavy atom. The summed E-state index contributed by atoms with van der Waals surface area (Å²) in [6.07, 6.45) is 6.76. The topological polar surface area (TPSA) is 62.7 Å². The third-order valence-corrected chi connectivity index (χ3v) is 5.19. The fourth-order valence-electron chi connectivity index (χ4n) is 3.59. The summed E-state index contributed by atoms with van der Waals surface area (Å²) < 4.78 is 5.66. The lowest BCUT2D eigenvalue weighted by Crippen LogP contribution is -2.36. The summed E-state index contributed by atoms with van der Waals surface area (Å²) in [6.45, 7) is 9.80. The van der Waals surface area contributed by atoms with Gasteiger partial charge in [-0.2, -0.15) is 0 Å². The minimum Gasteiger partial charge on any atom is -0.494 e. The molecule has 162 valence electrons. The first-order valence-corrected chi connectivity index (χ1v) is 10.7. The highest BCUT2D eigenvalue weighted by atomic mass is 16.5. The summed E-state index contributed by atoms with van der Waals surface area (Å²) in [4.78, 5) is 33.7. The van der Waals surface area contributed by atoms with Crippen molar-refractivity contribution < 1.29 is 14.3 Å². The SMILES string of the molecule is C=CCN1C(=O)C(c2ccc(OCCC)cc2)=C(N(CC)CCc2ccncc2)C1=O. The highest BCUT2D eigenvalue weighted by molar-refractivity contribution is 6.35. The van der Waals surface area contributed by atoms with Crippen molar-refractivity contribution in [1.82, 2.24) is 14.8 Å². The molecule has 0 bridgehead atoms. The van der Waals surface area contributed by atoms with Crippen molar-refractivity contribution in [3.63, 3.8) is 0 Å². The van der Waals surface area contributed by atoms with E-state index < -0.39 is 0 Å². The standard InChI is InChI=1S/C25H29N3O3/c1-4-16-28-24(29)22(20-7-9-21(10-8-20)31-18-5-2)23(25(28)30)27(6-3)17-13-19-11-14-26-15-12-19/h4,7-12,14-15H,1,5-6,13,16-18H2,2-3H3. The van der Waals surface area contributed by atoms with Gasteiger partial charge in [-0.25, -0.2) is 0 Å². The quantitative estimate of drug-likeness (QED) is 0.411. The Morgan fingerprint density at radius 3 is 2.39 bits per heavy atom. The summed E-state index contributed by atoms with van der Waals surface area (Å²) in [6, 6.07) is 11.3. The molecule has 6 nitrogen and oxygen atoms in total. The fourth-order valence-corrected chi connectivity index (χ4v) is 3.59. The van der Waals surface area contributed by atoms with Crippen LogP contribution in [0, 0.1) is 0 Å². The van der Waals surface area contributed by atoms with Gasteiger partial charge in [-0.05, 0) is 55.2 Å². The van der Waals surface area contributed by atoms with Gasteiger partial charge in [0.25, 0.3) is 11.8 Å². The third kappa shape index (κ3) is 5.02. The number of ether oxygens (including phenoxy) is 1. The Labute approximate surface area is 183 Å². The molecule has 0 N–H and O–H groups in total. The maximum Gasteiger partial charge on any atom is 0.278 e. The Bertz CT molecular complexity index is 952. The van der Waals surface area contributed by atoms with Crippen LogP contribution >= 0.6 is 0 Å². The van der Waals surface area contributed by atoms with E-state index in [1.165, 1.54) is 4.90 Å². The zero-order valence-electron chi connectivity index (χ0n) is 18.2. The molecule has 0 unspecified atom stereocenters. The predicted octanol–water partition coefficient (Wildman–Crippen LogP) is 3.70. The lowest BCUT2D eigenvalue weighted by atomic mass is 10.0. The molecule has 0 spiro atoms. The predicted molar refractivity (Wildman–Crippen MR) is 121 cm³/mol. The molecule has 2 aromatic rings. The third-order valence-electron chi connectivity index (χ3n) is 5.19. The number of imide groups is 1. The van der Waals surface area contributed by atoms with Gasteiger partial charge in [0.15, 0.2) is 0 Å². The van der Waals surface area contributed by atoms with E-state index in [4.69, 9.17) is 4.74 Å². The summed E-state index contributed by atoms with van der Waals surface area (Å²) in [7, 11) is 0.